The van der Waals surface area contributed by atoms with Crippen molar-refractivity contribution in [3.8, 4) is 0 Å². The summed E-state index contributed by atoms with van der Waals surface area (Å²) in [7, 11) is 0.393. The molecule has 164 valence electrons. The fraction of sp³-hybridized carbons (Fsp3) is 0.962. The van der Waals surface area contributed by atoms with Crippen molar-refractivity contribution in [3.63, 3.8) is 0 Å². The second-order valence-electron chi connectivity index (χ2n) is 12.2. The van der Waals surface area contributed by atoms with Crippen LogP contribution < -0.4 is 0 Å². The van der Waals surface area contributed by atoms with Gasteiger partial charge in [0, 0.05) is 12.1 Å². The van der Waals surface area contributed by atoms with Crippen LogP contribution in [0.25, 0.3) is 0 Å². The Morgan fingerprint density at radius 2 is 1.72 bits per heavy atom. The van der Waals surface area contributed by atoms with Crippen LogP contribution in [0, 0.1) is 52.3 Å². The van der Waals surface area contributed by atoms with Crippen LogP contribution in [0.2, 0.25) is 0 Å². The van der Waals surface area contributed by atoms with E-state index in [1.807, 2.05) is 0 Å². The van der Waals surface area contributed by atoms with E-state index in [2.05, 4.69) is 27.7 Å². The maximum Gasteiger partial charge on any atom is 0.158 e. The zero-order chi connectivity index (χ0) is 21.0. The molecule has 10 atom stereocenters. The number of fused-ring (bicyclic) bond motifs is 5. The smallest absolute Gasteiger partial charge is 0.158 e. The molecule has 0 amide bonds. The molecule has 0 aromatic carbocycles. The number of hydrogen-bond acceptors (Lipinski definition) is 2. The number of carbonyl (C=O) groups excluding carboxylic acids is 1. The number of carbonyl (C=O) groups is 1. The second-order valence-corrected chi connectivity index (χ2v) is 13.1. The standard InChI is InChI=1S/C26H43O2P/c1-16(6-7-18(3)27)21-8-9-22-24-17(2)14-19-15-20(29-28)10-12-25(19,4)23(24)11-13-26(21,22)5/h16-17,19-24H,6-15H2,1-5H3/t16-,17?,19?,20-,21-,22?,23?,24?,25+,26-/m1/s1. The molecule has 29 heavy (non-hydrogen) atoms. The first kappa shape index (κ1) is 22.0. The van der Waals surface area contributed by atoms with Crippen molar-refractivity contribution in [2.45, 2.75) is 104 Å². The van der Waals surface area contributed by atoms with Gasteiger partial charge in [-0.25, -0.2) is 0 Å². The molecule has 3 heteroatoms. The van der Waals surface area contributed by atoms with Crippen molar-refractivity contribution in [2.24, 2.45) is 52.3 Å². The fourth-order valence-corrected chi connectivity index (χ4v) is 9.89. The summed E-state index contributed by atoms with van der Waals surface area (Å²) in [4.78, 5) is 11.6. The molecule has 4 aliphatic carbocycles. The molecule has 2 nitrogen and oxygen atoms in total. The first-order chi connectivity index (χ1) is 13.7. The van der Waals surface area contributed by atoms with Crippen LogP contribution in [0.1, 0.15) is 98.8 Å². The van der Waals surface area contributed by atoms with Crippen molar-refractivity contribution in [1.29, 1.82) is 0 Å². The molecular weight excluding hydrogens is 375 g/mol. The Morgan fingerprint density at radius 1 is 1.03 bits per heavy atom. The first-order valence-electron chi connectivity index (χ1n) is 12.5. The van der Waals surface area contributed by atoms with Gasteiger partial charge in [0.1, 0.15) is 5.78 Å². The van der Waals surface area contributed by atoms with E-state index in [-0.39, 0.29) is 0 Å². The molecule has 0 bridgehead atoms. The van der Waals surface area contributed by atoms with Crippen LogP contribution in [-0.2, 0) is 9.36 Å². The van der Waals surface area contributed by atoms with Gasteiger partial charge < -0.3 is 4.79 Å². The molecule has 0 aromatic heterocycles. The van der Waals surface area contributed by atoms with Gasteiger partial charge in [-0.1, -0.05) is 27.7 Å². The molecule has 4 fully saturated rings. The van der Waals surface area contributed by atoms with Crippen LogP contribution in [-0.4, -0.2) is 11.4 Å². The molecule has 4 aliphatic rings. The summed E-state index contributed by atoms with van der Waals surface area (Å²) in [5.41, 5.74) is 1.39. The van der Waals surface area contributed by atoms with E-state index in [0.717, 1.165) is 48.3 Å². The fourth-order valence-electron chi connectivity index (χ4n) is 9.32. The minimum absolute atomic E-state index is 0.355. The third-order valence-electron chi connectivity index (χ3n) is 10.9. The normalized spacial score (nSPS) is 50.4. The maximum atomic E-state index is 11.6. The highest BCUT2D eigenvalue weighted by Gasteiger charge is 2.62. The summed E-state index contributed by atoms with van der Waals surface area (Å²) in [6.45, 7) is 12.0. The van der Waals surface area contributed by atoms with Gasteiger partial charge in [-0.05, 0) is 117 Å². The van der Waals surface area contributed by atoms with Crippen LogP contribution in [0.5, 0.6) is 0 Å². The molecule has 4 saturated carbocycles. The van der Waals surface area contributed by atoms with Gasteiger partial charge in [0.15, 0.2) is 8.46 Å². The Hall–Kier alpha value is -0.230. The average Bonchev–Trinajstić information content (AvgIpc) is 3.03. The molecule has 0 aromatic rings. The Morgan fingerprint density at radius 3 is 2.41 bits per heavy atom. The SMILES string of the molecule is CC(=O)CC[C@@H](C)[C@H]1CCC2C3C(C)CC4C[C@H](P=O)CC[C@]4(C)C3CC[C@@]21C. The summed E-state index contributed by atoms with van der Waals surface area (Å²) in [6, 6.07) is 0. The van der Waals surface area contributed by atoms with E-state index in [1.165, 1.54) is 51.4 Å². The molecule has 4 rings (SSSR count). The van der Waals surface area contributed by atoms with E-state index in [1.54, 1.807) is 6.92 Å². The second kappa shape index (κ2) is 8.03. The highest BCUT2D eigenvalue weighted by molar-refractivity contribution is 7.24. The van der Waals surface area contributed by atoms with E-state index in [9.17, 15) is 9.36 Å². The summed E-state index contributed by atoms with van der Waals surface area (Å²) in [5, 5.41) is 0. The Kier molecular flexibility index (Phi) is 6.09. The highest BCUT2D eigenvalue weighted by Crippen LogP contribution is 2.69. The van der Waals surface area contributed by atoms with Crippen LogP contribution in [0.4, 0.5) is 0 Å². The molecule has 0 spiro atoms. The van der Waals surface area contributed by atoms with Crippen LogP contribution in [0.3, 0.4) is 0 Å². The average molecular weight is 419 g/mol. The quantitative estimate of drug-likeness (QED) is 0.432. The molecular formula is C26H43O2P. The predicted octanol–water partition coefficient (Wildman–Crippen LogP) is 7.56. The molecule has 5 unspecified atom stereocenters. The van der Waals surface area contributed by atoms with E-state index in [0.29, 0.717) is 36.7 Å². The van der Waals surface area contributed by atoms with Gasteiger partial charge >= 0.3 is 0 Å². The van der Waals surface area contributed by atoms with Crippen molar-refractivity contribution in [2.75, 3.05) is 0 Å². The van der Waals surface area contributed by atoms with Crippen molar-refractivity contribution >= 4 is 14.2 Å². The van der Waals surface area contributed by atoms with Gasteiger partial charge in [0.05, 0.1) is 0 Å². The monoisotopic (exact) mass is 418 g/mol. The van der Waals surface area contributed by atoms with Gasteiger partial charge in [-0.15, -0.1) is 0 Å². The van der Waals surface area contributed by atoms with Gasteiger partial charge in [-0.3, -0.25) is 4.57 Å². The lowest BCUT2D eigenvalue weighted by atomic mass is 9.42. The molecule has 0 N–H and O–H groups in total. The third-order valence-corrected chi connectivity index (χ3v) is 11.6. The summed E-state index contributed by atoms with van der Waals surface area (Å²) < 4.78 is 11.6. The number of Topliss-reactive ketones (excluding diaryl/α,β-unsaturated/α-hetero) is 1. The minimum atomic E-state index is 0.355. The van der Waals surface area contributed by atoms with Gasteiger partial charge in [-0.2, -0.15) is 0 Å². The summed E-state index contributed by atoms with van der Waals surface area (Å²) in [5.74, 6) is 6.10. The van der Waals surface area contributed by atoms with E-state index < -0.39 is 0 Å². The lowest BCUT2D eigenvalue weighted by Crippen LogP contribution is -2.56. The highest BCUT2D eigenvalue weighted by atomic mass is 31.1. The Bertz CT molecular complexity index is 647. The molecule has 0 saturated heterocycles. The largest absolute Gasteiger partial charge is 0.300 e. The number of ketones is 1. The molecule has 0 heterocycles. The number of rotatable bonds is 5. The summed E-state index contributed by atoms with van der Waals surface area (Å²) in [6.07, 6.45) is 12.5. The van der Waals surface area contributed by atoms with E-state index >= 15 is 0 Å². The lowest BCUT2D eigenvalue weighted by Gasteiger charge is -2.63. The third kappa shape index (κ3) is 3.58. The van der Waals surface area contributed by atoms with Gasteiger partial charge in [0.25, 0.3) is 0 Å². The van der Waals surface area contributed by atoms with Crippen molar-refractivity contribution in [3.05, 3.63) is 0 Å². The minimum Gasteiger partial charge on any atom is -0.300 e. The van der Waals surface area contributed by atoms with Gasteiger partial charge in [0.2, 0.25) is 0 Å². The Balaban J connectivity index is 1.55. The van der Waals surface area contributed by atoms with Crippen molar-refractivity contribution < 1.29 is 9.36 Å². The maximum absolute atomic E-state index is 11.6. The Labute approximate surface area is 180 Å². The van der Waals surface area contributed by atoms with Crippen LogP contribution >= 0.6 is 8.46 Å². The zero-order valence-corrected chi connectivity index (χ0v) is 20.3. The predicted molar refractivity (Wildman–Crippen MR) is 120 cm³/mol. The number of hydrogen-bond donors (Lipinski definition) is 0. The first-order valence-corrected chi connectivity index (χ1v) is 13.4. The molecule has 0 radical (unpaired) electrons. The van der Waals surface area contributed by atoms with Crippen molar-refractivity contribution in [1.82, 2.24) is 0 Å². The lowest BCUT2D eigenvalue weighted by molar-refractivity contribution is -0.137. The topological polar surface area (TPSA) is 34.1 Å². The van der Waals surface area contributed by atoms with E-state index in [4.69, 9.17) is 0 Å². The van der Waals surface area contributed by atoms with Crippen LogP contribution in [0.15, 0.2) is 0 Å². The molecule has 0 aliphatic heterocycles. The summed E-state index contributed by atoms with van der Waals surface area (Å²) >= 11 is 0. The zero-order valence-electron chi connectivity index (χ0n) is 19.5.